The van der Waals surface area contributed by atoms with E-state index in [9.17, 15) is 0 Å². The van der Waals surface area contributed by atoms with Crippen LogP contribution in [0.5, 0.6) is 0 Å². The number of thiol groups is 1. The van der Waals surface area contributed by atoms with Crippen LogP contribution in [-0.4, -0.2) is 0 Å². The normalized spacial score (nSPS) is 4.00. The molecule has 0 amide bonds. The molecule has 0 aromatic carbocycles. The summed E-state index contributed by atoms with van der Waals surface area (Å²) in [5.41, 5.74) is 0. The topological polar surface area (TPSA) is 34.1 Å². The molecule has 0 aliphatic rings. The van der Waals surface area contributed by atoms with Crippen molar-refractivity contribution >= 4 is 11.6 Å². The summed E-state index contributed by atoms with van der Waals surface area (Å²) in [5.74, 6) is 0. The van der Waals surface area contributed by atoms with Crippen LogP contribution in [-0.2, 0) is 20.0 Å². The summed E-state index contributed by atoms with van der Waals surface area (Å²) in [5, 5.41) is 0. The summed E-state index contributed by atoms with van der Waals surface area (Å²) >= 11 is -1.08. The first kappa shape index (κ1) is 8.82. The van der Waals surface area contributed by atoms with E-state index in [1.165, 1.54) is 0 Å². The Labute approximate surface area is 40.8 Å². The van der Waals surface area contributed by atoms with Crippen molar-refractivity contribution in [3.05, 3.63) is 0 Å². The molecule has 0 aromatic heterocycles. The van der Waals surface area contributed by atoms with Gasteiger partial charge in [-0.1, -0.05) is 11.6 Å². The van der Waals surface area contributed by atoms with Crippen LogP contribution in [0.15, 0.2) is 0 Å². The summed E-state index contributed by atoms with van der Waals surface area (Å²) in [6, 6.07) is 0. The van der Waals surface area contributed by atoms with Crippen molar-refractivity contribution in [2.75, 3.05) is 0 Å². The first-order valence-corrected chi connectivity index (χ1v) is 1.10. The fourth-order valence-electron chi connectivity index (χ4n) is 0. The molecule has 0 spiro atoms. The molecule has 0 unspecified atom stereocenters. The fourth-order valence-corrected chi connectivity index (χ4v) is 0. The van der Waals surface area contributed by atoms with Gasteiger partial charge >= 0.3 is 18.9 Å². The summed E-state index contributed by atoms with van der Waals surface area (Å²) in [7, 11) is 0. The number of rotatable bonds is 0. The predicted octanol–water partition coefficient (Wildman–Crippen LogP) is -3.39. The van der Waals surface area contributed by atoms with E-state index in [-0.39, 0.29) is 20.3 Å². The molecule has 0 saturated heterocycles. The molecule has 0 aliphatic carbocycles. The fraction of sp³-hybridized carbons (Fsp3) is 0. The minimum atomic E-state index is -1.08. The monoisotopic (exact) mass is 73.0 g/mol. The van der Waals surface area contributed by atoms with Crippen LogP contribution in [0.4, 0.5) is 0 Å². The molecule has 0 fully saturated rings. The van der Waals surface area contributed by atoms with Gasteiger partial charge < -0.3 is 9.84 Å². The van der Waals surface area contributed by atoms with E-state index >= 15 is 0 Å². The summed E-state index contributed by atoms with van der Waals surface area (Å²) in [4.78, 5) is 0. The van der Waals surface area contributed by atoms with E-state index in [1.807, 2.05) is 0 Å². The Hall–Kier alpha value is 0.547. The third-order valence-corrected chi connectivity index (χ3v) is 0. The Morgan fingerprint density at radius 1 is 1.50 bits per heavy atom. The van der Waals surface area contributed by atoms with Gasteiger partial charge in [0, 0.05) is 0 Å². The molecule has 0 aliphatic heterocycles. The molecule has 0 heterocycles. The molecular formula is H2LiO2S-. The van der Waals surface area contributed by atoms with E-state index < -0.39 is 11.6 Å². The molecular weight excluding hydrogens is 71.0 g/mol. The molecule has 22 valence electrons. The molecule has 0 saturated carbocycles. The van der Waals surface area contributed by atoms with Crippen LogP contribution in [0, 0.1) is 0 Å². The molecule has 4 heteroatoms. The van der Waals surface area contributed by atoms with Crippen LogP contribution >= 0.6 is 0 Å². The molecule has 4 heavy (non-hydrogen) atoms. The van der Waals surface area contributed by atoms with Gasteiger partial charge in [0.2, 0.25) is 0 Å². The van der Waals surface area contributed by atoms with Gasteiger partial charge in [-0.05, 0) is 0 Å². The van der Waals surface area contributed by atoms with E-state index in [0.29, 0.717) is 0 Å². The first-order valence-electron chi connectivity index (χ1n) is 0.365. The average molecular weight is 73.0 g/mol. The largest absolute Gasteiger partial charge is 1.00 e. The molecule has 0 rings (SSSR count). The van der Waals surface area contributed by atoms with Gasteiger partial charge in [0.25, 0.3) is 0 Å². The third-order valence-electron chi connectivity index (χ3n) is 0. The Balaban J connectivity index is -0.0000000200. The number of hydrogen-bond donors (Lipinski definition) is 0. The molecule has 0 aromatic rings. The molecule has 2 nitrogen and oxygen atoms in total. The minimum absolute atomic E-state index is 0. The zero-order valence-electron chi connectivity index (χ0n) is 3.26. The second-order valence-corrected chi connectivity index (χ2v) is 0.224. The van der Waals surface area contributed by atoms with Crippen LogP contribution < -0.4 is 18.9 Å². The van der Waals surface area contributed by atoms with Crippen molar-refractivity contribution < 1.29 is 28.7 Å². The van der Waals surface area contributed by atoms with Gasteiger partial charge in [-0.2, -0.15) is 0 Å². The maximum atomic E-state index is 8.35. The van der Waals surface area contributed by atoms with Gasteiger partial charge in [-0.3, -0.25) is 0 Å². The number of hydrogen-bond acceptors (Lipinski definition) is 3. The van der Waals surface area contributed by atoms with Crippen molar-refractivity contribution in [1.29, 1.82) is 0 Å². The van der Waals surface area contributed by atoms with Crippen molar-refractivity contribution in [2.24, 2.45) is 0 Å². The van der Waals surface area contributed by atoms with Crippen LogP contribution in [0.3, 0.4) is 0 Å². The van der Waals surface area contributed by atoms with Gasteiger partial charge in [0.1, 0.15) is 0 Å². The Bertz CT molecular complexity index is 30.6. The van der Waals surface area contributed by atoms with Crippen molar-refractivity contribution in [3.8, 4) is 0 Å². The average Bonchev–Trinajstić information content (AvgIpc) is 0.918. The summed E-state index contributed by atoms with van der Waals surface area (Å²) < 4.78 is 16.7. The molecule has 0 radical (unpaired) electrons. The zero-order valence-corrected chi connectivity index (χ0v) is 3.16. The maximum absolute atomic E-state index is 8.35. The second-order valence-electron chi connectivity index (χ2n) is 0.0745. The van der Waals surface area contributed by atoms with Crippen molar-refractivity contribution in [1.82, 2.24) is 0 Å². The third kappa shape index (κ3) is 20.4. The predicted molar refractivity (Wildman–Crippen MR) is 11.2 cm³/mol. The Morgan fingerprint density at radius 2 is 1.50 bits per heavy atom. The second kappa shape index (κ2) is 9.61. The SMILES string of the molecule is O=[SH-]=O.[H-].[Li+]. The van der Waals surface area contributed by atoms with E-state index in [0.717, 1.165) is 0 Å². The Morgan fingerprint density at radius 3 is 1.50 bits per heavy atom. The first-order chi connectivity index (χ1) is 1.41. The summed E-state index contributed by atoms with van der Waals surface area (Å²) in [6.45, 7) is 0. The van der Waals surface area contributed by atoms with Gasteiger partial charge in [0.05, 0.1) is 0 Å². The molecule has 0 bridgehead atoms. The Kier molecular flexibility index (Phi) is 21.2. The minimum Gasteiger partial charge on any atom is -1.00 e. The van der Waals surface area contributed by atoms with Crippen LogP contribution in [0.25, 0.3) is 0 Å². The zero-order chi connectivity index (χ0) is 2.71. The smallest absolute Gasteiger partial charge is 1.00 e. The van der Waals surface area contributed by atoms with Gasteiger partial charge in [0.15, 0.2) is 0 Å². The maximum Gasteiger partial charge on any atom is 1.00 e. The van der Waals surface area contributed by atoms with Gasteiger partial charge in [-0.15, -0.1) is 0 Å². The van der Waals surface area contributed by atoms with Crippen molar-refractivity contribution in [2.45, 2.75) is 0 Å². The van der Waals surface area contributed by atoms with Crippen LogP contribution in [0.2, 0.25) is 0 Å². The van der Waals surface area contributed by atoms with E-state index in [2.05, 4.69) is 0 Å². The summed E-state index contributed by atoms with van der Waals surface area (Å²) in [6.07, 6.45) is 0. The van der Waals surface area contributed by atoms with E-state index in [4.69, 9.17) is 8.42 Å². The molecule has 0 N–H and O–H groups in total. The van der Waals surface area contributed by atoms with E-state index in [1.54, 1.807) is 0 Å². The van der Waals surface area contributed by atoms with Gasteiger partial charge in [-0.25, -0.2) is 0 Å². The van der Waals surface area contributed by atoms with Crippen molar-refractivity contribution in [3.63, 3.8) is 0 Å². The quantitative estimate of drug-likeness (QED) is 0.170. The van der Waals surface area contributed by atoms with Crippen LogP contribution in [0.1, 0.15) is 1.43 Å². The molecule has 0 atom stereocenters. The standard InChI is InChI=1S/Li.HO2S.H/c;1-3-2;/h;3H;/q+1;2*-1.